The number of aromatic amines is 1. The third kappa shape index (κ3) is 3.71. The Kier molecular flexibility index (Phi) is 4.58. The lowest BCUT2D eigenvalue weighted by molar-refractivity contribution is -0.140. The largest absolute Gasteiger partial charge is 0.435 e. The molecule has 0 spiro atoms. The number of azo groups is 1. The Hall–Kier alpha value is -2.68. The van der Waals surface area contributed by atoms with Crippen LogP contribution in [0.1, 0.15) is 5.69 Å². The van der Waals surface area contributed by atoms with Crippen LogP contribution < -0.4 is 5.56 Å². The normalized spacial score (nSPS) is 12.0. The number of rotatable bonds is 3. The predicted molar refractivity (Wildman–Crippen MR) is 89.7 cm³/mol. The molecule has 0 amide bonds. The van der Waals surface area contributed by atoms with Crippen LogP contribution in [0.4, 0.5) is 24.5 Å². The summed E-state index contributed by atoms with van der Waals surface area (Å²) in [5.41, 5.74) is -2.38. The van der Waals surface area contributed by atoms with E-state index in [4.69, 9.17) is 0 Å². The summed E-state index contributed by atoms with van der Waals surface area (Å²) >= 11 is 3.24. The molecule has 9 heteroatoms. The average Bonchev–Trinajstić information content (AvgIpc) is 2.92. The van der Waals surface area contributed by atoms with Gasteiger partial charge in [-0.3, -0.25) is 9.89 Å². The van der Waals surface area contributed by atoms with Gasteiger partial charge in [0.2, 0.25) is 0 Å². The molecular formula is C16H10BrF3N4O. The fraction of sp³-hybridized carbons (Fsp3) is 0.0625. The lowest BCUT2D eigenvalue weighted by Gasteiger charge is -2.04. The highest BCUT2D eigenvalue weighted by molar-refractivity contribution is 9.10. The van der Waals surface area contributed by atoms with Crippen LogP contribution in [0.3, 0.4) is 0 Å². The summed E-state index contributed by atoms with van der Waals surface area (Å²) in [5, 5.41) is 9.34. The van der Waals surface area contributed by atoms with Gasteiger partial charge in [-0.1, -0.05) is 34.1 Å². The van der Waals surface area contributed by atoms with Crippen molar-refractivity contribution >= 4 is 27.3 Å². The van der Waals surface area contributed by atoms with E-state index in [1.165, 1.54) is 12.1 Å². The smallest absolute Gasteiger partial charge is 0.284 e. The maximum absolute atomic E-state index is 13.2. The van der Waals surface area contributed by atoms with Crippen molar-refractivity contribution in [3.63, 3.8) is 0 Å². The second kappa shape index (κ2) is 6.67. The molecule has 128 valence electrons. The Morgan fingerprint density at radius 3 is 2.20 bits per heavy atom. The van der Waals surface area contributed by atoms with Crippen LogP contribution in [0, 0.1) is 0 Å². The van der Waals surface area contributed by atoms with Crippen molar-refractivity contribution in [1.82, 2.24) is 9.78 Å². The minimum Gasteiger partial charge on any atom is -0.284 e. The molecule has 0 fully saturated rings. The highest BCUT2D eigenvalue weighted by Crippen LogP contribution is 2.34. The molecular weight excluding hydrogens is 401 g/mol. The molecule has 0 unspecified atom stereocenters. The molecule has 3 aromatic rings. The summed E-state index contributed by atoms with van der Waals surface area (Å²) in [6.45, 7) is 0. The molecule has 2 aromatic carbocycles. The molecule has 0 saturated carbocycles. The van der Waals surface area contributed by atoms with Gasteiger partial charge in [-0.05, 0) is 36.4 Å². The van der Waals surface area contributed by atoms with Crippen LogP contribution in [-0.4, -0.2) is 9.78 Å². The molecule has 1 heterocycles. The Labute approximate surface area is 147 Å². The average molecular weight is 411 g/mol. The fourth-order valence-electron chi connectivity index (χ4n) is 2.09. The first-order valence-electron chi connectivity index (χ1n) is 7.01. The molecule has 0 aliphatic carbocycles. The molecule has 0 aliphatic heterocycles. The predicted octanol–water partition coefficient (Wildman–Crippen LogP) is 5.36. The van der Waals surface area contributed by atoms with E-state index in [9.17, 15) is 18.0 Å². The van der Waals surface area contributed by atoms with E-state index in [1.807, 2.05) is 0 Å². The molecule has 0 saturated heterocycles. The molecule has 3 rings (SSSR count). The van der Waals surface area contributed by atoms with Gasteiger partial charge < -0.3 is 0 Å². The molecule has 0 atom stereocenters. The minimum atomic E-state index is -4.77. The van der Waals surface area contributed by atoms with Crippen LogP contribution in [0.15, 0.2) is 74.1 Å². The third-order valence-corrected chi connectivity index (χ3v) is 3.78. The Balaban J connectivity index is 2.10. The van der Waals surface area contributed by atoms with Gasteiger partial charge in [0, 0.05) is 4.47 Å². The van der Waals surface area contributed by atoms with E-state index in [0.29, 0.717) is 5.69 Å². The van der Waals surface area contributed by atoms with Gasteiger partial charge in [0.25, 0.3) is 5.56 Å². The van der Waals surface area contributed by atoms with Gasteiger partial charge >= 0.3 is 6.18 Å². The van der Waals surface area contributed by atoms with Crippen molar-refractivity contribution in [2.75, 3.05) is 0 Å². The SMILES string of the molecule is O=c1c(N=Nc2ccc(Br)cc2)c(C(F)(F)F)[nH]n1-c1ccccc1. The number of halogens is 4. The number of nitrogens with zero attached hydrogens (tertiary/aromatic N) is 3. The number of alkyl halides is 3. The van der Waals surface area contributed by atoms with Crippen LogP contribution in [0.5, 0.6) is 0 Å². The molecule has 0 aliphatic rings. The van der Waals surface area contributed by atoms with E-state index >= 15 is 0 Å². The van der Waals surface area contributed by atoms with E-state index in [2.05, 4.69) is 31.3 Å². The van der Waals surface area contributed by atoms with Gasteiger partial charge in [-0.25, -0.2) is 4.68 Å². The van der Waals surface area contributed by atoms with E-state index in [0.717, 1.165) is 9.15 Å². The molecule has 0 radical (unpaired) electrons. The molecule has 25 heavy (non-hydrogen) atoms. The van der Waals surface area contributed by atoms with Crippen LogP contribution in [0.25, 0.3) is 5.69 Å². The van der Waals surface area contributed by atoms with Crippen molar-refractivity contribution in [2.24, 2.45) is 10.2 Å². The van der Waals surface area contributed by atoms with Gasteiger partial charge in [0.1, 0.15) is 0 Å². The molecule has 1 aromatic heterocycles. The van der Waals surface area contributed by atoms with Crippen molar-refractivity contribution in [2.45, 2.75) is 6.18 Å². The zero-order valence-electron chi connectivity index (χ0n) is 12.5. The van der Waals surface area contributed by atoms with Crippen molar-refractivity contribution in [3.05, 3.63) is 75.1 Å². The lowest BCUT2D eigenvalue weighted by Crippen LogP contribution is -2.13. The van der Waals surface area contributed by atoms with Crippen molar-refractivity contribution in [1.29, 1.82) is 0 Å². The summed E-state index contributed by atoms with van der Waals surface area (Å²) in [7, 11) is 0. The van der Waals surface area contributed by atoms with Gasteiger partial charge in [-0.15, -0.1) is 5.11 Å². The van der Waals surface area contributed by atoms with Gasteiger partial charge in [0.05, 0.1) is 11.4 Å². The number of hydrogen-bond acceptors (Lipinski definition) is 3. The molecule has 1 N–H and O–H groups in total. The summed E-state index contributed by atoms with van der Waals surface area (Å²) in [4.78, 5) is 12.4. The summed E-state index contributed by atoms with van der Waals surface area (Å²) in [5.74, 6) is 0. The van der Waals surface area contributed by atoms with Crippen molar-refractivity contribution < 1.29 is 13.2 Å². The van der Waals surface area contributed by atoms with E-state index in [-0.39, 0.29) is 5.69 Å². The standard InChI is InChI=1S/C16H10BrF3N4O/c17-10-6-8-11(9-7-10)21-22-13-14(16(18,19)20)23-24(15(13)25)12-4-2-1-3-5-12/h1-9,23H. The van der Waals surface area contributed by atoms with Crippen molar-refractivity contribution in [3.8, 4) is 5.69 Å². The summed E-state index contributed by atoms with van der Waals surface area (Å²) < 4.78 is 41.3. The lowest BCUT2D eigenvalue weighted by atomic mass is 10.3. The highest BCUT2D eigenvalue weighted by atomic mass is 79.9. The second-order valence-electron chi connectivity index (χ2n) is 4.99. The fourth-order valence-corrected chi connectivity index (χ4v) is 2.36. The first kappa shape index (κ1) is 17.2. The van der Waals surface area contributed by atoms with Crippen LogP contribution >= 0.6 is 15.9 Å². The van der Waals surface area contributed by atoms with Crippen LogP contribution in [-0.2, 0) is 6.18 Å². The van der Waals surface area contributed by atoms with Gasteiger partial charge in [0.15, 0.2) is 11.4 Å². The maximum atomic E-state index is 13.2. The number of hydrogen-bond donors (Lipinski definition) is 1. The summed E-state index contributed by atoms with van der Waals surface area (Å²) in [6, 6.07) is 14.4. The number of nitrogens with one attached hydrogen (secondary N) is 1. The molecule has 5 nitrogen and oxygen atoms in total. The summed E-state index contributed by atoms with van der Waals surface area (Å²) in [6.07, 6.45) is -4.77. The zero-order valence-corrected chi connectivity index (χ0v) is 14.0. The maximum Gasteiger partial charge on any atom is 0.435 e. The molecule has 0 bridgehead atoms. The zero-order chi connectivity index (χ0) is 18.0. The number of H-pyrrole nitrogens is 1. The quantitative estimate of drug-likeness (QED) is 0.580. The topological polar surface area (TPSA) is 62.5 Å². The van der Waals surface area contributed by atoms with E-state index in [1.54, 1.807) is 42.5 Å². The highest BCUT2D eigenvalue weighted by Gasteiger charge is 2.38. The van der Waals surface area contributed by atoms with Gasteiger partial charge in [-0.2, -0.15) is 18.3 Å². The Morgan fingerprint density at radius 2 is 1.60 bits per heavy atom. The first-order chi connectivity index (χ1) is 11.9. The first-order valence-corrected chi connectivity index (χ1v) is 7.80. The monoisotopic (exact) mass is 410 g/mol. The van der Waals surface area contributed by atoms with E-state index < -0.39 is 23.1 Å². The number of benzene rings is 2. The Bertz CT molecular complexity index is 960. The van der Waals surface area contributed by atoms with Crippen LogP contribution in [0.2, 0.25) is 0 Å². The second-order valence-corrected chi connectivity index (χ2v) is 5.90. The number of para-hydroxylation sites is 1. The Morgan fingerprint density at radius 1 is 0.960 bits per heavy atom. The minimum absolute atomic E-state index is 0.267. The number of aromatic nitrogens is 2. The third-order valence-electron chi connectivity index (χ3n) is 3.26.